The van der Waals surface area contributed by atoms with Crippen LogP contribution < -0.4 is 0 Å². The standard InChI is InChI=1S/C19H13N3O4/c1-21-11-14(10-20-21)12-5-4-6-13(9-12)19(25)26-22-17(23)15-7-2-3-8-16(15)18(22)24/h2-11H,1H3. The van der Waals surface area contributed by atoms with Gasteiger partial charge in [0.25, 0.3) is 11.8 Å². The van der Waals surface area contributed by atoms with Gasteiger partial charge in [-0.3, -0.25) is 14.3 Å². The first kappa shape index (κ1) is 15.8. The lowest BCUT2D eigenvalue weighted by Crippen LogP contribution is -2.32. The fourth-order valence-electron chi connectivity index (χ4n) is 2.78. The number of hydrogen-bond acceptors (Lipinski definition) is 5. The van der Waals surface area contributed by atoms with E-state index in [2.05, 4.69) is 5.10 Å². The largest absolute Gasteiger partial charge is 0.363 e. The van der Waals surface area contributed by atoms with Gasteiger partial charge < -0.3 is 4.84 Å². The summed E-state index contributed by atoms with van der Waals surface area (Å²) in [6.07, 6.45) is 3.49. The molecule has 4 rings (SSSR count). The zero-order valence-electron chi connectivity index (χ0n) is 13.7. The maximum Gasteiger partial charge on any atom is 0.363 e. The van der Waals surface area contributed by atoms with Crippen molar-refractivity contribution < 1.29 is 19.2 Å². The second kappa shape index (κ2) is 5.96. The van der Waals surface area contributed by atoms with E-state index < -0.39 is 17.8 Å². The van der Waals surface area contributed by atoms with Gasteiger partial charge in [-0.05, 0) is 29.8 Å². The molecule has 0 bridgehead atoms. The number of carbonyl (C=O) groups excluding carboxylic acids is 3. The van der Waals surface area contributed by atoms with Gasteiger partial charge in [0.05, 0.1) is 22.9 Å². The van der Waals surface area contributed by atoms with E-state index >= 15 is 0 Å². The maximum atomic E-state index is 12.4. The van der Waals surface area contributed by atoms with Gasteiger partial charge >= 0.3 is 5.97 Å². The molecule has 1 aliphatic rings. The third kappa shape index (κ3) is 2.55. The highest BCUT2D eigenvalue weighted by molar-refractivity contribution is 6.21. The number of hydrogen-bond donors (Lipinski definition) is 0. The Labute approximate surface area is 148 Å². The molecule has 26 heavy (non-hydrogen) atoms. The van der Waals surface area contributed by atoms with Crippen molar-refractivity contribution in [2.75, 3.05) is 0 Å². The van der Waals surface area contributed by atoms with Crippen LogP contribution in [0.25, 0.3) is 11.1 Å². The molecule has 128 valence electrons. The molecule has 2 heterocycles. The first-order valence-electron chi connectivity index (χ1n) is 7.84. The number of fused-ring (bicyclic) bond motifs is 1. The summed E-state index contributed by atoms with van der Waals surface area (Å²) in [7, 11) is 1.80. The van der Waals surface area contributed by atoms with Crippen LogP contribution in [0.3, 0.4) is 0 Å². The molecular formula is C19H13N3O4. The van der Waals surface area contributed by atoms with Crippen LogP contribution in [0.4, 0.5) is 0 Å². The smallest absolute Gasteiger partial charge is 0.324 e. The number of hydroxylamine groups is 2. The molecule has 2 aromatic carbocycles. The number of rotatable bonds is 3. The van der Waals surface area contributed by atoms with Gasteiger partial charge in [0.2, 0.25) is 0 Å². The van der Waals surface area contributed by atoms with Crippen LogP contribution in [0.15, 0.2) is 60.9 Å². The second-order valence-electron chi connectivity index (χ2n) is 5.81. The molecule has 0 saturated heterocycles. The fraction of sp³-hybridized carbons (Fsp3) is 0.0526. The number of benzene rings is 2. The Bertz CT molecular complexity index is 1020. The lowest BCUT2D eigenvalue weighted by molar-refractivity contribution is -0.0584. The van der Waals surface area contributed by atoms with Gasteiger partial charge in [0, 0.05) is 18.8 Å². The van der Waals surface area contributed by atoms with E-state index in [4.69, 9.17) is 4.84 Å². The van der Waals surface area contributed by atoms with Crippen molar-refractivity contribution in [1.29, 1.82) is 0 Å². The highest BCUT2D eigenvalue weighted by Crippen LogP contribution is 2.24. The summed E-state index contributed by atoms with van der Waals surface area (Å²) >= 11 is 0. The molecule has 3 aromatic rings. The van der Waals surface area contributed by atoms with Gasteiger partial charge in [0.1, 0.15) is 0 Å². The lowest BCUT2D eigenvalue weighted by atomic mass is 10.1. The van der Waals surface area contributed by atoms with Crippen molar-refractivity contribution in [1.82, 2.24) is 14.8 Å². The molecule has 0 unspecified atom stereocenters. The maximum absolute atomic E-state index is 12.4. The molecule has 7 heteroatoms. The minimum Gasteiger partial charge on any atom is -0.324 e. The van der Waals surface area contributed by atoms with Gasteiger partial charge in [-0.25, -0.2) is 4.79 Å². The lowest BCUT2D eigenvalue weighted by Gasteiger charge is -2.13. The van der Waals surface area contributed by atoms with Crippen LogP contribution >= 0.6 is 0 Å². The van der Waals surface area contributed by atoms with Crippen LogP contribution in [0.1, 0.15) is 31.1 Å². The highest BCUT2D eigenvalue weighted by atomic mass is 16.7. The van der Waals surface area contributed by atoms with Crippen molar-refractivity contribution in [2.24, 2.45) is 7.05 Å². The topological polar surface area (TPSA) is 81.5 Å². The zero-order chi connectivity index (χ0) is 18.3. The summed E-state index contributed by atoms with van der Waals surface area (Å²) in [5, 5.41) is 4.60. The second-order valence-corrected chi connectivity index (χ2v) is 5.81. The Morgan fingerprint density at radius 1 is 0.962 bits per heavy atom. The molecular weight excluding hydrogens is 334 g/mol. The van der Waals surface area contributed by atoms with E-state index in [0.29, 0.717) is 5.06 Å². The molecule has 0 fully saturated rings. The molecule has 2 amide bonds. The summed E-state index contributed by atoms with van der Waals surface area (Å²) in [4.78, 5) is 42.1. The number of aryl methyl sites for hydroxylation is 1. The predicted molar refractivity (Wildman–Crippen MR) is 91.0 cm³/mol. The van der Waals surface area contributed by atoms with Crippen molar-refractivity contribution >= 4 is 17.8 Å². The van der Waals surface area contributed by atoms with Crippen molar-refractivity contribution in [3.05, 3.63) is 77.6 Å². The number of nitrogens with zero attached hydrogens (tertiary/aromatic N) is 3. The van der Waals surface area contributed by atoms with Gasteiger partial charge in [-0.15, -0.1) is 0 Å². The molecule has 0 atom stereocenters. The van der Waals surface area contributed by atoms with Crippen LogP contribution in [-0.2, 0) is 11.9 Å². The SMILES string of the molecule is Cn1cc(-c2cccc(C(=O)ON3C(=O)c4ccccc4C3=O)c2)cn1. The average Bonchev–Trinajstić information content (AvgIpc) is 3.20. The number of aromatic nitrogens is 2. The molecule has 0 saturated carbocycles. The zero-order valence-corrected chi connectivity index (χ0v) is 13.7. The number of imide groups is 1. The Balaban J connectivity index is 1.58. The van der Waals surface area contributed by atoms with E-state index in [1.807, 2.05) is 12.3 Å². The van der Waals surface area contributed by atoms with Crippen LogP contribution in [0.5, 0.6) is 0 Å². The fourth-order valence-corrected chi connectivity index (χ4v) is 2.78. The summed E-state index contributed by atoms with van der Waals surface area (Å²) in [5.74, 6) is -2.09. The third-order valence-corrected chi connectivity index (χ3v) is 4.07. The Kier molecular flexibility index (Phi) is 3.62. The molecule has 0 spiro atoms. The Morgan fingerprint density at radius 3 is 2.27 bits per heavy atom. The first-order chi connectivity index (χ1) is 12.5. The summed E-state index contributed by atoms with van der Waals surface area (Å²) in [6.45, 7) is 0. The molecule has 1 aliphatic heterocycles. The number of carbonyl (C=O) groups is 3. The first-order valence-corrected chi connectivity index (χ1v) is 7.84. The Hall–Kier alpha value is -3.74. The molecule has 0 N–H and O–H groups in total. The normalized spacial score (nSPS) is 13.0. The number of amides is 2. The van der Waals surface area contributed by atoms with E-state index in [1.54, 1.807) is 48.3 Å². The van der Waals surface area contributed by atoms with Crippen LogP contribution in [-0.4, -0.2) is 32.6 Å². The predicted octanol–water partition coefficient (Wildman–Crippen LogP) is 2.46. The average molecular weight is 347 g/mol. The van der Waals surface area contributed by atoms with Crippen molar-refractivity contribution in [3.63, 3.8) is 0 Å². The summed E-state index contributed by atoms with van der Waals surface area (Å²) in [5.41, 5.74) is 2.27. The van der Waals surface area contributed by atoms with Gasteiger partial charge in [-0.1, -0.05) is 29.3 Å². The van der Waals surface area contributed by atoms with Gasteiger partial charge in [-0.2, -0.15) is 5.10 Å². The summed E-state index contributed by atoms with van der Waals surface area (Å²) < 4.78 is 1.65. The highest BCUT2D eigenvalue weighted by Gasteiger charge is 2.38. The van der Waals surface area contributed by atoms with E-state index in [1.165, 1.54) is 12.1 Å². The van der Waals surface area contributed by atoms with Gasteiger partial charge in [0.15, 0.2) is 0 Å². The minimum absolute atomic E-state index is 0.217. The molecule has 0 radical (unpaired) electrons. The third-order valence-electron chi connectivity index (χ3n) is 4.07. The van der Waals surface area contributed by atoms with E-state index in [0.717, 1.165) is 11.1 Å². The van der Waals surface area contributed by atoms with Crippen molar-refractivity contribution in [2.45, 2.75) is 0 Å². The monoisotopic (exact) mass is 347 g/mol. The van der Waals surface area contributed by atoms with Crippen LogP contribution in [0.2, 0.25) is 0 Å². The molecule has 0 aliphatic carbocycles. The molecule has 7 nitrogen and oxygen atoms in total. The van der Waals surface area contributed by atoms with E-state index in [9.17, 15) is 14.4 Å². The van der Waals surface area contributed by atoms with E-state index in [-0.39, 0.29) is 16.7 Å². The molecule has 1 aromatic heterocycles. The summed E-state index contributed by atoms with van der Waals surface area (Å²) in [6, 6.07) is 13.0. The Morgan fingerprint density at radius 2 is 1.65 bits per heavy atom. The quantitative estimate of drug-likeness (QED) is 0.680. The van der Waals surface area contributed by atoms with Crippen molar-refractivity contribution in [3.8, 4) is 11.1 Å². The minimum atomic E-state index is -0.787. The van der Waals surface area contributed by atoms with Crippen LogP contribution in [0, 0.1) is 0 Å².